The number of hydrogen-bond acceptors (Lipinski definition) is 6. The molecule has 0 radical (unpaired) electrons. The van der Waals surface area contributed by atoms with Crippen molar-refractivity contribution in [3.8, 4) is 0 Å². The molecule has 2 heterocycles. The van der Waals surface area contributed by atoms with E-state index in [0.29, 0.717) is 6.29 Å². The number of aromatic amines is 1. The number of rotatable bonds is 7. The molecule has 1 N–H and O–H groups in total. The second-order valence-electron chi connectivity index (χ2n) is 11.9. The molecule has 1 aliphatic heterocycles. The number of carbonyl (C=O) groups excluding carboxylic acids is 1. The van der Waals surface area contributed by atoms with Gasteiger partial charge in [-0.05, 0) is 36.3 Å². The smallest absolute Gasteiger partial charge is 0.330 e. The molecule has 0 aliphatic carbocycles. The maximum Gasteiger partial charge on any atom is 0.330 e. The lowest BCUT2D eigenvalue weighted by molar-refractivity contribution is -0.149. The van der Waals surface area contributed by atoms with Crippen LogP contribution in [0.3, 0.4) is 0 Å². The monoisotopic (exact) mass is 502 g/mol. The lowest BCUT2D eigenvalue weighted by atomic mass is 10.00. The van der Waals surface area contributed by atoms with E-state index in [1.54, 1.807) is 0 Å². The fourth-order valence-corrected chi connectivity index (χ4v) is 5.44. The third-order valence-corrected chi connectivity index (χ3v) is 16.4. The normalized spacial score (nSPS) is 24.8. The van der Waals surface area contributed by atoms with Crippen molar-refractivity contribution in [1.29, 1.82) is 0 Å². The van der Waals surface area contributed by atoms with Crippen molar-refractivity contribution in [3.63, 3.8) is 0 Å². The Morgan fingerprint density at radius 3 is 2.18 bits per heavy atom. The van der Waals surface area contributed by atoms with Crippen LogP contribution in [0.25, 0.3) is 0 Å². The highest BCUT2D eigenvalue weighted by molar-refractivity contribution is 6.74. The third-order valence-electron chi connectivity index (χ3n) is 7.46. The number of hydrogen-bond donors (Lipinski definition) is 1. The zero-order valence-electron chi connectivity index (χ0n) is 21.5. The summed E-state index contributed by atoms with van der Waals surface area (Å²) < 4.78 is 34.0. The SMILES string of the molecule is CC(C)(C)[Si](C)(C)OC[C@@]1(C=O)O[C@@H](n2cc(F)c(=O)[nH]c2=O)CC1O[Si](C)(C)C(C)(C)C. The molecule has 1 fully saturated rings. The summed E-state index contributed by atoms with van der Waals surface area (Å²) in [4.78, 5) is 38.4. The van der Waals surface area contributed by atoms with Crippen molar-refractivity contribution < 1.29 is 22.8 Å². The molecule has 2 rings (SSSR count). The summed E-state index contributed by atoms with van der Waals surface area (Å²) in [6, 6.07) is 0. The first-order valence-corrected chi connectivity index (χ1v) is 17.0. The van der Waals surface area contributed by atoms with Gasteiger partial charge in [0.2, 0.25) is 5.82 Å². The summed E-state index contributed by atoms with van der Waals surface area (Å²) >= 11 is 0. The Morgan fingerprint density at radius 1 is 1.15 bits per heavy atom. The molecule has 1 unspecified atom stereocenters. The number of nitrogens with one attached hydrogen (secondary N) is 1. The van der Waals surface area contributed by atoms with Gasteiger partial charge >= 0.3 is 5.69 Å². The summed E-state index contributed by atoms with van der Waals surface area (Å²) in [5.74, 6) is -1.11. The van der Waals surface area contributed by atoms with Crippen LogP contribution < -0.4 is 11.2 Å². The van der Waals surface area contributed by atoms with Gasteiger partial charge in [-0.2, -0.15) is 4.39 Å². The van der Waals surface area contributed by atoms with Crippen molar-refractivity contribution in [2.75, 3.05) is 6.61 Å². The zero-order valence-corrected chi connectivity index (χ0v) is 23.5. The number of ether oxygens (including phenoxy) is 1. The number of H-pyrrole nitrogens is 1. The number of aromatic nitrogens is 2. The van der Waals surface area contributed by atoms with E-state index in [-0.39, 0.29) is 23.1 Å². The molecule has 1 aliphatic rings. The molecule has 0 bridgehead atoms. The minimum Gasteiger partial charge on any atom is -0.413 e. The molecular formula is C22H39FN2O6Si2. The van der Waals surface area contributed by atoms with Gasteiger partial charge in [0.1, 0.15) is 6.23 Å². The predicted molar refractivity (Wildman–Crippen MR) is 130 cm³/mol. The summed E-state index contributed by atoms with van der Waals surface area (Å²) in [6.07, 6.45) is -0.0627. The van der Waals surface area contributed by atoms with Gasteiger partial charge in [-0.3, -0.25) is 19.1 Å². The summed E-state index contributed by atoms with van der Waals surface area (Å²) in [6.45, 7) is 20.8. The van der Waals surface area contributed by atoms with Gasteiger partial charge in [0.05, 0.1) is 18.9 Å². The van der Waals surface area contributed by atoms with E-state index in [1.807, 2.05) is 4.98 Å². The van der Waals surface area contributed by atoms with Crippen LogP contribution in [0, 0.1) is 5.82 Å². The number of aldehydes is 1. The summed E-state index contributed by atoms with van der Waals surface area (Å²) in [7, 11) is -4.60. The van der Waals surface area contributed by atoms with Crippen LogP contribution in [-0.2, 0) is 18.4 Å². The van der Waals surface area contributed by atoms with Gasteiger partial charge in [-0.1, -0.05) is 41.5 Å². The maximum atomic E-state index is 14.0. The van der Waals surface area contributed by atoms with Gasteiger partial charge in [0.25, 0.3) is 5.56 Å². The van der Waals surface area contributed by atoms with E-state index in [1.165, 1.54) is 0 Å². The molecule has 0 saturated carbocycles. The molecule has 0 spiro atoms. The van der Waals surface area contributed by atoms with E-state index in [4.69, 9.17) is 13.6 Å². The molecule has 0 amide bonds. The molecule has 33 heavy (non-hydrogen) atoms. The fraction of sp³-hybridized carbons (Fsp3) is 0.773. The Hall–Kier alpha value is -1.41. The fourth-order valence-electron chi connectivity index (χ4n) is 3.06. The van der Waals surface area contributed by atoms with Crippen LogP contribution in [0.1, 0.15) is 54.2 Å². The van der Waals surface area contributed by atoms with Crippen LogP contribution >= 0.6 is 0 Å². The Morgan fingerprint density at radius 2 is 1.70 bits per heavy atom. The molecular weight excluding hydrogens is 463 g/mol. The molecule has 8 nitrogen and oxygen atoms in total. The molecule has 3 atom stereocenters. The highest BCUT2D eigenvalue weighted by Crippen LogP contribution is 2.45. The summed E-state index contributed by atoms with van der Waals surface area (Å²) in [5.41, 5.74) is -3.39. The third kappa shape index (κ3) is 5.64. The maximum absolute atomic E-state index is 14.0. The van der Waals surface area contributed by atoms with E-state index in [2.05, 4.69) is 67.7 Å². The van der Waals surface area contributed by atoms with E-state index in [9.17, 15) is 18.8 Å². The van der Waals surface area contributed by atoms with Gasteiger partial charge in [-0.25, -0.2) is 4.79 Å². The first kappa shape index (κ1) is 27.8. The van der Waals surface area contributed by atoms with E-state index >= 15 is 0 Å². The lowest BCUT2D eigenvalue weighted by Crippen LogP contribution is -2.55. The van der Waals surface area contributed by atoms with Crippen molar-refractivity contribution in [1.82, 2.24) is 9.55 Å². The van der Waals surface area contributed by atoms with Crippen molar-refractivity contribution in [3.05, 3.63) is 32.9 Å². The largest absolute Gasteiger partial charge is 0.413 e. The Labute approximate surface area is 197 Å². The van der Waals surface area contributed by atoms with Crippen LogP contribution in [0.5, 0.6) is 0 Å². The quantitative estimate of drug-likeness (QED) is 0.448. The van der Waals surface area contributed by atoms with Crippen LogP contribution in [0.15, 0.2) is 15.8 Å². The molecule has 11 heteroatoms. The van der Waals surface area contributed by atoms with Crippen LogP contribution in [-0.4, -0.2) is 50.8 Å². The molecule has 0 aromatic carbocycles. The minimum absolute atomic E-state index is 0.0383. The zero-order chi connectivity index (χ0) is 25.6. The molecule has 188 valence electrons. The Kier molecular flexibility index (Phi) is 7.58. The summed E-state index contributed by atoms with van der Waals surface area (Å²) in [5, 5.41) is -0.231. The van der Waals surface area contributed by atoms with Gasteiger partial charge in [-0.15, -0.1) is 0 Å². The van der Waals surface area contributed by atoms with Crippen LogP contribution in [0.4, 0.5) is 4.39 Å². The number of halogens is 1. The van der Waals surface area contributed by atoms with Gasteiger partial charge in [0, 0.05) is 6.42 Å². The van der Waals surface area contributed by atoms with Gasteiger partial charge in [0.15, 0.2) is 28.5 Å². The molecule has 1 aromatic heterocycles. The van der Waals surface area contributed by atoms with E-state index in [0.717, 1.165) is 10.8 Å². The van der Waals surface area contributed by atoms with Crippen molar-refractivity contribution in [2.24, 2.45) is 0 Å². The molecule has 1 aromatic rings. The van der Waals surface area contributed by atoms with Gasteiger partial charge < -0.3 is 13.6 Å². The minimum atomic E-state index is -2.35. The standard InChI is InChI=1S/C22H39FN2O6Si2/c1-20(2,3)32(7,8)29-14-22(13-26)16(31-33(9,10)21(4,5)6)11-17(30-22)25-12-15(23)18(27)24-19(25)28/h12-13,16-17H,11,14H2,1-10H3,(H,24,27,28)/t16?,17-,22-/m1/s1. The highest BCUT2D eigenvalue weighted by atomic mass is 28.4. The predicted octanol–water partition coefficient (Wildman–Crippen LogP) is 3.94. The number of nitrogens with zero attached hydrogens (tertiary/aromatic N) is 1. The Bertz CT molecular complexity index is 992. The second kappa shape index (κ2) is 8.99. The molecule has 1 saturated heterocycles. The highest BCUT2D eigenvalue weighted by Gasteiger charge is 2.55. The average Bonchev–Trinajstić information content (AvgIpc) is 2.99. The average molecular weight is 503 g/mol. The van der Waals surface area contributed by atoms with Crippen molar-refractivity contribution >= 4 is 22.9 Å². The lowest BCUT2D eigenvalue weighted by Gasteiger charge is -2.43. The number of carbonyl (C=O) groups is 1. The van der Waals surface area contributed by atoms with Crippen molar-refractivity contribution in [2.45, 2.75) is 102 Å². The van der Waals surface area contributed by atoms with E-state index < -0.39 is 51.6 Å². The van der Waals surface area contributed by atoms with Crippen LogP contribution in [0.2, 0.25) is 36.3 Å². The first-order chi connectivity index (χ1) is 14.8. The first-order valence-electron chi connectivity index (χ1n) is 11.2. The second-order valence-corrected chi connectivity index (χ2v) is 21.5. The topological polar surface area (TPSA) is 99.6 Å². The Balaban J connectivity index is 2.50.